The van der Waals surface area contributed by atoms with Crippen LogP contribution >= 0.6 is 0 Å². The van der Waals surface area contributed by atoms with E-state index in [2.05, 4.69) is 0 Å². The number of aliphatic hydroxyl groups is 1. The zero-order valence-corrected chi connectivity index (χ0v) is 11.1. The summed E-state index contributed by atoms with van der Waals surface area (Å²) in [6, 6.07) is 0.782. The number of halogens is 6. The van der Waals surface area contributed by atoms with Crippen LogP contribution in [0.25, 0.3) is 0 Å². The third-order valence-corrected chi connectivity index (χ3v) is 2.92. The molecule has 0 fully saturated rings. The van der Waals surface area contributed by atoms with Gasteiger partial charge in [0.1, 0.15) is 5.56 Å². The second kappa shape index (κ2) is 5.37. The Balaban J connectivity index is 3.81. The van der Waals surface area contributed by atoms with Gasteiger partial charge < -0.3 is 10.8 Å². The number of nitrogens with zero attached hydrogens (tertiary/aromatic N) is 1. The lowest BCUT2D eigenvalue weighted by Crippen LogP contribution is -2.50. The minimum Gasteiger partial charge on any atom is -0.398 e. The van der Waals surface area contributed by atoms with Crippen LogP contribution in [0.5, 0.6) is 0 Å². The van der Waals surface area contributed by atoms with Crippen LogP contribution < -0.4 is 5.73 Å². The maximum Gasteiger partial charge on any atom is 0.424 e. The van der Waals surface area contributed by atoms with Crippen LogP contribution in [0, 0.1) is 10.1 Å². The fraction of sp³-hybridized carbons (Fsp3) is 0.364. The molecule has 0 saturated carbocycles. The van der Waals surface area contributed by atoms with Crippen molar-refractivity contribution < 1.29 is 41.2 Å². The number of hydrogen-bond donors (Lipinski definition) is 2. The van der Waals surface area contributed by atoms with E-state index in [4.69, 9.17) is 5.73 Å². The topological polar surface area (TPSA) is 106 Å². The van der Waals surface area contributed by atoms with E-state index in [9.17, 15) is 46.4 Å². The summed E-state index contributed by atoms with van der Waals surface area (Å²) in [4.78, 5) is 20.9. The number of alkyl halides is 6. The Kier molecular flexibility index (Phi) is 4.36. The van der Waals surface area contributed by atoms with Crippen molar-refractivity contribution in [3.63, 3.8) is 0 Å². The van der Waals surface area contributed by atoms with Crippen molar-refractivity contribution in [1.29, 1.82) is 0 Å². The fourth-order valence-corrected chi connectivity index (χ4v) is 1.66. The normalized spacial score (nSPS) is 15.1. The van der Waals surface area contributed by atoms with Crippen LogP contribution in [0.2, 0.25) is 0 Å². The van der Waals surface area contributed by atoms with E-state index in [1.165, 1.54) is 0 Å². The lowest BCUT2D eigenvalue weighted by atomic mass is 9.89. The van der Waals surface area contributed by atoms with Gasteiger partial charge in [-0.1, -0.05) is 0 Å². The molecule has 3 N–H and O–H groups in total. The number of rotatable bonds is 3. The molecule has 1 atom stereocenters. The summed E-state index contributed by atoms with van der Waals surface area (Å²) in [6.45, 7) is -0.0756. The number of benzene rings is 1. The Morgan fingerprint density at radius 1 is 1.22 bits per heavy atom. The molecule has 0 spiro atoms. The molecule has 23 heavy (non-hydrogen) atoms. The first-order valence-corrected chi connectivity index (χ1v) is 5.60. The number of anilines is 1. The van der Waals surface area contributed by atoms with Crippen molar-refractivity contribution in [1.82, 2.24) is 0 Å². The zero-order chi connectivity index (χ0) is 18.4. The third-order valence-electron chi connectivity index (χ3n) is 2.92. The molecule has 128 valence electrons. The van der Waals surface area contributed by atoms with Crippen LogP contribution in [0.1, 0.15) is 22.8 Å². The van der Waals surface area contributed by atoms with E-state index in [-0.39, 0.29) is 6.92 Å². The van der Waals surface area contributed by atoms with Gasteiger partial charge in [-0.2, -0.15) is 26.3 Å². The molecule has 1 aromatic carbocycles. The van der Waals surface area contributed by atoms with E-state index in [1.54, 1.807) is 0 Å². The summed E-state index contributed by atoms with van der Waals surface area (Å²) in [5.41, 5.74) is -5.91. The first kappa shape index (κ1) is 18.7. The minimum absolute atomic E-state index is 0.0756. The van der Waals surface area contributed by atoms with Crippen molar-refractivity contribution in [2.24, 2.45) is 0 Å². The van der Waals surface area contributed by atoms with Gasteiger partial charge in [0.15, 0.2) is 0 Å². The SMILES string of the molecule is CC(O)(C(=O)c1c(N)ccc([N+](=O)[O-])c1C(F)(F)F)C(F)(F)F. The minimum atomic E-state index is -5.62. The van der Waals surface area contributed by atoms with E-state index < -0.39 is 51.2 Å². The average molecular weight is 346 g/mol. The van der Waals surface area contributed by atoms with Crippen LogP contribution in [0.3, 0.4) is 0 Å². The third kappa shape index (κ3) is 3.21. The Labute approximate surface area is 123 Å². The highest BCUT2D eigenvalue weighted by molar-refractivity contribution is 6.08. The molecular formula is C11H8F6N2O4. The highest BCUT2D eigenvalue weighted by Crippen LogP contribution is 2.43. The van der Waals surface area contributed by atoms with Crippen LogP contribution in [0.4, 0.5) is 37.7 Å². The average Bonchev–Trinajstić information content (AvgIpc) is 2.34. The second-order valence-corrected chi connectivity index (χ2v) is 4.58. The van der Waals surface area contributed by atoms with E-state index in [1.807, 2.05) is 0 Å². The second-order valence-electron chi connectivity index (χ2n) is 4.58. The molecule has 0 aliphatic rings. The number of hydrogen-bond acceptors (Lipinski definition) is 5. The standard InChI is InChI=1S/C11H8F6N2O4/c1-9(21,11(15,16)17)8(20)6-4(18)2-3-5(19(22)23)7(6)10(12,13)14/h2-3,21H,18H2,1H3. The smallest absolute Gasteiger partial charge is 0.398 e. The van der Waals surface area contributed by atoms with Gasteiger partial charge >= 0.3 is 12.4 Å². The number of nitrogen functional groups attached to an aromatic ring is 1. The number of nitrogens with two attached hydrogens (primary N) is 1. The summed E-state index contributed by atoms with van der Waals surface area (Å²) in [6.07, 6.45) is -11.2. The molecule has 0 saturated heterocycles. The number of Topliss-reactive ketones (excluding diaryl/α,β-unsaturated/α-hetero) is 1. The van der Waals surface area contributed by atoms with Gasteiger partial charge in [0, 0.05) is 11.8 Å². The van der Waals surface area contributed by atoms with Crippen LogP contribution in [-0.2, 0) is 6.18 Å². The Bertz CT molecular complexity index is 666. The highest BCUT2D eigenvalue weighted by atomic mass is 19.4. The molecule has 0 heterocycles. The Morgan fingerprint density at radius 2 is 1.70 bits per heavy atom. The molecule has 6 nitrogen and oxygen atoms in total. The lowest BCUT2D eigenvalue weighted by Gasteiger charge is -2.26. The molecular weight excluding hydrogens is 338 g/mol. The predicted molar refractivity (Wildman–Crippen MR) is 63.5 cm³/mol. The molecule has 1 rings (SSSR count). The number of nitro groups is 1. The predicted octanol–water partition coefficient (Wildman–Crippen LogP) is 2.69. The van der Waals surface area contributed by atoms with Crippen molar-refractivity contribution >= 4 is 17.2 Å². The number of carbonyl (C=O) groups excluding carboxylic acids is 1. The first-order chi connectivity index (χ1) is 10.1. The molecule has 0 amide bonds. The molecule has 0 bridgehead atoms. The monoisotopic (exact) mass is 346 g/mol. The van der Waals surface area contributed by atoms with Crippen LogP contribution in [-0.4, -0.2) is 27.6 Å². The van der Waals surface area contributed by atoms with Gasteiger partial charge in [-0.3, -0.25) is 14.9 Å². The first-order valence-electron chi connectivity index (χ1n) is 5.60. The fourth-order valence-electron chi connectivity index (χ4n) is 1.66. The van der Waals surface area contributed by atoms with Gasteiger partial charge in [-0.25, -0.2) is 0 Å². The summed E-state index contributed by atoms with van der Waals surface area (Å²) >= 11 is 0. The van der Waals surface area contributed by atoms with Gasteiger partial charge in [-0.05, 0) is 13.0 Å². The molecule has 12 heteroatoms. The number of ketones is 1. The maximum absolute atomic E-state index is 13.0. The molecule has 0 aromatic heterocycles. The van der Waals surface area contributed by atoms with E-state index in [0.29, 0.717) is 12.1 Å². The van der Waals surface area contributed by atoms with Crippen molar-refractivity contribution in [3.8, 4) is 0 Å². The molecule has 1 aromatic rings. The summed E-state index contributed by atoms with van der Waals surface area (Å²) in [5.74, 6) is -2.45. The van der Waals surface area contributed by atoms with Gasteiger partial charge in [0.2, 0.25) is 11.4 Å². The summed E-state index contributed by atoms with van der Waals surface area (Å²) < 4.78 is 77.0. The van der Waals surface area contributed by atoms with Crippen molar-refractivity contribution in [2.75, 3.05) is 5.73 Å². The van der Waals surface area contributed by atoms with Crippen LogP contribution in [0.15, 0.2) is 12.1 Å². The van der Waals surface area contributed by atoms with E-state index in [0.717, 1.165) is 0 Å². The summed E-state index contributed by atoms with van der Waals surface area (Å²) in [5, 5.41) is 19.9. The molecule has 1 unspecified atom stereocenters. The molecule has 0 aliphatic carbocycles. The van der Waals surface area contributed by atoms with Gasteiger partial charge in [0.25, 0.3) is 5.69 Å². The summed E-state index contributed by atoms with van der Waals surface area (Å²) in [7, 11) is 0. The van der Waals surface area contributed by atoms with Gasteiger partial charge in [0.05, 0.1) is 10.5 Å². The van der Waals surface area contributed by atoms with Crippen molar-refractivity contribution in [2.45, 2.75) is 24.9 Å². The lowest BCUT2D eigenvalue weighted by molar-refractivity contribution is -0.388. The van der Waals surface area contributed by atoms with Gasteiger partial charge in [-0.15, -0.1) is 0 Å². The zero-order valence-electron chi connectivity index (χ0n) is 11.1. The van der Waals surface area contributed by atoms with E-state index >= 15 is 0 Å². The number of nitro benzene ring substituents is 1. The maximum atomic E-state index is 13.0. The highest BCUT2D eigenvalue weighted by Gasteiger charge is 2.58. The Morgan fingerprint density at radius 3 is 2.04 bits per heavy atom. The Hall–Kier alpha value is -2.37. The number of carbonyl (C=O) groups is 1. The quantitative estimate of drug-likeness (QED) is 0.288. The molecule has 0 aliphatic heterocycles. The van der Waals surface area contributed by atoms with Crippen molar-refractivity contribution in [3.05, 3.63) is 33.4 Å². The molecule has 0 radical (unpaired) electrons. The largest absolute Gasteiger partial charge is 0.424 e.